The fraction of sp³-hybridized carbons (Fsp3) is 0.190. The quantitative estimate of drug-likeness (QED) is 0.501. The number of anilines is 1. The summed E-state index contributed by atoms with van der Waals surface area (Å²) in [7, 11) is 0. The minimum atomic E-state index is -0.287. The zero-order valence-corrected chi connectivity index (χ0v) is 15.1. The van der Waals surface area contributed by atoms with Crippen LogP contribution in [0.3, 0.4) is 0 Å². The molecule has 28 heavy (non-hydrogen) atoms. The zero-order valence-electron chi connectivity index (χ0n) is 15.1. The van der Waals surface area contributed by atoms with Gasteiger partial charge in [-0.25, -0.2) is 9.37 Å². The number of fused-ring (bicyclic) bond motifs is 2. The minimum Gasteiger partial charge on any atom is -0.338 e. The van der Waals surface area contributed by atoms with Crippen molar-refractivity contribution >= 4 is 22.6 Å². The first-order valence-electron chi connectivity index (χ1n) is 9.30. The number of carbonyl (C=O) groups excluding carboxylic acids is 1. The molecule has 0 unspecified atom stereocenters. The predicted octanol–water partition coefficient (Wildman–Crippen LogP) is 4.22. The fourth-order valence-corrected chi connectivity index (χ4v) is 3.69. The minimum absolute atomic E-state index is 0.211. The molecular weight excluding hydrogens is 357 g/mol. The van der Waals surface area contributed by atoms with Crippen molar-refractivity contribution in [2.75, 3.05) is 5.32 Å². The number of amides is 1. The lowest BCUT2D eigenvalue weighted by atomic mass is 9.96. The van der Waals surface area contributed by atoms with E-state index >= 15 is 0 Å². The maximum atomic E-state index is 13.1. The van der Waals surface area contributed by atoms with Crippen molar-refractivity contribution in [3.8, 4) is 11.4 Å². The summed E-state index contributed by atoms with van der Waals surface area (Å²) in [6.45, 7) is 0. The molecule has 1 amide bonds. The standard InChI is InChI=1S/C21H18FN5O/c22-13-7-5-12(6-8-13)20-24-17-10-9-14(11-18(17)25-20)23-21(28)19-15-3-1-2-4-16(15)26-27-19/h5-11H,1-4H2,(H,23,28)(H,24,25)(H,26,27). The second-order valence-corrected chi connectivity index (χ2v) is 7.01. The van der Waals surface area contributed by atoms with Crippen molar-refractivity contribution in [2.45, 2.75) is 25.7 Å². The molecule has 2 heterocycles. The summed E-state index contributed by atoms with van der Waals surface area (Å²) in [5.74, 6) is 0.155. The Bertz CT molecular complexity index is 1180. The summed E-state index contributed by atoms with van der Waals surface area (Å²) in [5, 5.41) is 10.1. The Balaban J connectivity index is 1.41. The smallest absolute Gasteiger partial charge is 0.276 e. The van der Waals surface area contributed by atoms with Gasteiger partial charge in [-0.3, -0.25) is 9.89 Å². The lowest BCUT2D eigenvalue weighted by Gasteiger charge is -2.11. The third-order valence-electron chi connectivity index (χ3n) is 5.13. The van der Waals surface area contributed by atoms with Gasteiger partial charge in [0.05, 0.1) is 11.0 Å². The number of aromatic amines is 2. The Morgan fingerprint density at radius 2 is 1.89 bits per heavy atom. The molecule has 0 atom stereocenters. The maximum Gasteiger partial charge on any atom is 0.276 e. The SMILES string of the molecule is O=C(Nc1ccc2nc(-c3ccc(F)cc3)[nH]c2c1)c1n[nH]c2c1CCCC2. The molecule has 5 rings (SSSR count). The Morgan fingerprint density at radius 3 is 2.75 bits per heavy atom. The van der Waals surface area contributed by atoms with Gasteiger partial charge in [0.15, 0.2) is 5.69 Å². The van der Waals surface area contributed by atoms with Gasteiger partial charge in [0, 0.05) is 22.5 Å². The number of aromatic nitrogens is 4. The van der Waals surface area contributed by atoms with Crippen molar-refractivity contribution in [1.82, 2.24) is 20.2 Å². The zero-order chi connectivity index (χ0) is 19.1. The number of carbonyl (C=O) groups is 1. The number of rotatable bonds is 3. The first-order valence-corrected chi connectivity index (χ1v) is 9.30. The normalized spacial score (nSPS) is 13.5. The summed E-state index contributed by atoms with van der Waals surface area (Å²) < 4.78 is 13.1. The molecule has 1 aliphatic rings. The van der Waals surface area contributed by atoms with Crippen molar-refractivity contribution < 1.29 is 9.18 Å². The van der Waals surface area contributed by atoms with E-state index in [4.69, 9.17) is 0 Å². The fourth-order valence-electron chi connectivity index (χ4n) is 3.69. The second kappa shape index (κ2) is 6.60. The molecule has 0 fully saturated rings. The van der Waals surface area contributed by atoms with Crippen molar-refractivity contribution in [1.29, 1.82) is 0 Å². The van der Waals surface area contributed by atoms with E-state index in [1.807, 2.05) is 18.2 Å². The highest BCUT2D eigenvalue weighted by atomic mass is 19.1. The van der Waals surface area contributed by atoms with E-state index in [9.17, 15) is 9.18 Å². The van der Waals surface area contributed by atoms with Crippen LogP contribution in [-0.2, 0) is 12.8 Å². The monoisotopic (exact) mass is 375 g/mol. The molecule has 4 aromatic rings. The van der Waals surface area contributed by atoms with Crippen molar-refractivity contribution in [3.63, 3.8) is 0 Å². The summed E-state index contributed by atoms with van der Waals surface area (Å²) in [6, 6.07) is 11.7. The number of aryl methyl sites for hydroxylation is 1. The molecule has 6 nitrogen and oxygen atoms in total. The predicted molar refractivity (Wildman–Crippen MR) is 105 cm³/mol. The molecule has 0 saturated carbocycles. The van der Waals surface area contributed by atoms with Crippen LogP contribution in [0.1, 0.15) is 34.6 Å². The Hall–Kier alpha value is -3.48. The van der Waals surface area contributed by atoms with Crippen LogP contribution in [-0.4, -0.2) is 26.1 Å². The van der Waals surface area contributed by atoms with E-state index < -0.39 is 0 Å². The van der Waals surface area contributed by atoms with Gasteiger partial charge >= 0.3 is 0 Å². The first kappa shape index (κ1) is 16.7. The number of nitrogens with one attached hydrogen (secondary N) is 3. The molecule has 3 N–H and O–H groups in total. The number of hydrogen-bond acceptors (Lipinski definition) is 3. The summed E-state index contributed by atoms with van der Waals surface area (Å²) >= 11 is 0. The van der Waals surface area contributed by atoms with Crippen LogP contribution in [0.2, 0.25) is 0 Å². The van der Waals surface area contributed by atoms with Crippen LogP contribution < -0.4 is 5.32 Å². The number of benzene rings is 2. The van der Waals surface area contributed by atoms with Crippen LogP contribution >= 0.6 is 0 Å². The van der Waals surface area contributed by atoms with Crippen LogP contribution in [0.4, 0.5) is 10.1 Å². The average Bonchev–Trinajstić information content (AvgIpc) is 3.32. The molecule has 0 aliphatic heterocycles. The number of nitrogens with zero attached hydrogens (tertiary/aromatic N) is 2. The second-order valence-electron chi connectivity index (χ2n) is 7.01. The van der Waals surface area contributed by atoms with Gasteiger partial charge in [-0.1, -0.05) is 0 Å². The Kier molecular flexibility index (Phi) is 3.93. The van der Waals surface area contributed by atoms with E-state index in [-0.39, 0.29) is 11.7 Å². The van der Waals surface area contributed by atoms with Gasteiger partial charge in [-0.2, -0.15) is 5.10 Å². The summed E-state index contributed by atoms with van der Waals surface area (Å²) in [6.07, 6.45) is 4.04. The molecule has 0 spiro atoms. The molecule has 2 aromatic heterocycles. The summed E-state index contributed by atoms with van der Waals surface area (Å²) in [4.78, 5) is 20.4. The topological polar surface area (TPSA) is 86.5 Å². The van der Waals surface area contributed by atoms with E-state index in [2.05, 4.69) is 25.5 Å². The molecule has 0 radical (unpaired) electrons. The third-order valence-corrected chi connectivity index (χ3v) is 5.13. The highest BCUT2D eigenvalue weighted by Crippen LogP contribution is 2.25. The van der Waals surface area contributed by atoms with Gasteiger partial charge in [-0.05, 0) is 68.1 Å². The molecule has 7 heteroatoms. The third kappa shape index (κ3) is 2.94. The van der Waals surface area contributed by atoms with Crippen molar-refractivity contribution in [2.24, 2.45) is 0 Å². The number of H-pyrrole nitrogens is 2. The highest BCUT2D eigenvalue weighted by Gasteiger charge is 2.21. The van der Waals surface area contributed by atoms with Crippen LogP contribution in [0, 0.1) is 5.82 Å². The maximum absolute atomic E-state index is 13.1. The first-order chi connectivity index (χ1) is 13.7. The number of hydrogen-bond donors (Lipinski definition) is 3. The summed E-state index contributed by atoms with van der Waals surface area (Å²) in [5.41, 5.74) is 5.61. The molecule has 0 saturated heterocycles. The molecule has 140 valence electrons. The van der Waals surface area contributed by atoms with Crippen LogP contribution in [0.5, 0.6) is 0 Å². The highest BCUT2D eigenvalue weighted by molar-refractivity contribution is 6.04. The molecule has 1 aliphatic carbocycles. The van der Waals surface area contributed by atoms with Crippen molar-refractivity contribution in [3.05, 3.63) is 65.2 Å². The van der Waals surface area contributed by atoms with E-state index in [0.717, 1.165) is 53.5 Å². The lowest BCUT2D eigenvalue weighted by molar-refractivity contribution is 0.102. The molecule has 2 aromatic carbocycles. The van der Waals surface area contributed by atoms with Gasteiger partial charge in [0.2, 0.25) is 0 Å². The van der Waals surface area contributed by atoms with Gasteiger partial charge < -0.3 is 10.3 Å². The number of imidazole rings is 1. The number of halogens is 1. The Morgan fingerprint density at radius 1 is 1.07 bits per heavy atom. The van der Waals surface area contributed by atoms with Crippen LogP contribution in [0.15, 0.2) is 42.5 Å². The largest absolute Gasteiger partial charge is 0.338 e. The van der Waals surface area contributed by atoms with Gasteiger partial charge in [0.25, 0.3) is 5.91 Å². The van der Waals surface area contributed by atoms with E-state index in [1.54, 1.807) is 12.1 Å². The van der Waals surface area contributed by atoms with Crippen LogP contribution in [0.25, 0.3) is 22.4 Å². The van der Waals surface area contributed by atoms with E-state index in [1.165, 1.54) is 12.1 Å². The average molecular weight is 375 g/mol. The van der Waals surface area contributed by atoms with E-state index in [0.29, 0.717) is 17.2 Å². The van der Waals surface area contributed by atoms with Gasteiger partial charge in [0.1, 0.15) is 11.6 Å². The Labute approximate surface area is 160 Å². The molecular formula is C21H18FN5O. The van der Waals surface area contributed by atoms with Gasteiger partial charge in [-0.15, -0.1) is 0 Å². The molecule has 0 bridgehead atoms. The lowest BCUT2D eigenvalue weighted by Crippen LogP contribution is -2.15.